The first-order valence-corrected chi connectivity index (χ1v) is 11.4. The van der Waals surface area contributed by atoms with Crippen LogP contribution in [0.15, 0.2) is 36.4 Å². The zero-order valence-corrected chi connectivity index (χ0v) is 19.9. The number of hydrogen-bond donors (Lipinski definition) is 2. The lowest BCUT2D eigenvalue weighted by molar-refractivity contribution is -0.143. The second-order valence-electron chi connectivity index (χ2n) is 9.65. The van der Waals surface area contributed by atoms with Gasteiger partial charge in [-0.2, -0.15) is 0 Å². The van der Waals surface area contributed by atoms with Crippen molar-refractivity contribution >= 4 is 40.7 Å². The van der Waals surface area contributed by atoms with E-state index in [2.05, 4.69) is 5.32 Å². The summed E-state index contributed by atoms with van der Waals surface area (Å²) in [5.74, 6) is -0.198. The molecule has 1 fully saturated rings. The van der Waals surface area contributed by atoms with E-state index in [1.165, 1.54) is 0 Å². The van der Waals surface area contributed by atoms with Crippen LogP contribution in [-0.2, 0) is 9.59 Å². The summed E-state index contributed by atoms with van der Waals surface area (Å²) < 4.78 is 0. The van der Waals surface area contributed by atoms with E-state index in [9.17, 15) is 14.7 Å². The van der Waals surface area contributed by atoms with Gasteiger partial charge in [-0.3, -0.25) is 14.5 Å². The van der Waals surface area contributed by atoms with E-state index in [4.69, 9.17) is 23.2 Å². The minimum Gasteiger partial charge on any atom is -0.374 e. The van der Waals surface area contributed by atoms with Gasteiger partial charge in [0.15, 0.2) is 0 Å². The average Bonchev–Trinajstić information content (AvgIpc) is 2.80. The molecule has 0 radical (unpaired) electrons. The molecule has 1 saturated heterocycles. The van der Waals surface area contributed by atoms with Crippen molar-refractivity contribution in [3.63, 3.8) is 0 Å². The maximum absolute atomic E-state index is 13.0. The quantitative estimate of drug-likeness (QED) is 0.667. The molecule has 2 amide bonds. The minimum absolute atomic E-state index is 0.0290. The highest BCUT2D eigenvalue weighted by atomic mass is 35.5. The van der Waals surface area contributed by atoms with E-state index >= 15 is 0 Å². The Balaban J connectivity index is 1.62. The third-order valence-corrected chi connectivity index (χ3v) is 6.29. The maximum Gasteiger partial charge on any atom is 0.243 e. The van der Waals surface area contributed by atoms with Crippen LogP contribution in [0.3, 0.4) is 0 Å². The number of halogens is 2. The number of rotatable bonds is 2. The number of benzene rings is 2. The van der Waals surface area contributed by atoms with Gasteiger partial charge in [0.05, 0.1) is 0 Å². The van der Waals surface area contributed by atoms with Gasteiger partial charge in [-0.25, -0.2) is 0 Å². The molecule has 170 valence electrons. The van der Waals surface area contributed by atoms with Crippen LogP contribution >= 0.6 is 23.2 Å². The molecule has 2 atom stereocenters. The fraction of sp³-hybridized carbons (Fsp3) is 0.417. The van der Waals surface area contributed by atoms with Crippen LogP contribution in [0.25, 0.3) is 11.1 Å². The average molecular weight is 476 g/mol. The molecular formula is C24H27Cl2N3O3. The highest BCUT2D eigenvalue weighted by Gasteiger charge is 2.41. The maximum atomic E-state index is 13.0. The van der Waals surface area contributed by atoms with Gasteiger partial charge in [0.25, 0.3) is 0 Å². The summed E-state index contributed by atoms with van der Waals surface area (Å²) in [4.78, 5) is 29.2. The fourth-order valence-electron chi connectivity index (χ4n) is 4.30. The SMILES string of the molecule is CC(C)(C)CC(=O)N1CCN2C(C1)C(=O)Nc1ccc(-c3cc(Cl)cc(Cl)c3)cc1C2O. The molecule has 4 rings (SSSR count). The fourth-order valence-corrected chi connectivity index (χ4v) is 4.83. The van der Waals surface area contributed by atoms with E-state index in [1.54, 1.807) is 34.1 Å². The van der Waals surface area contributed by atoms with Crippen LogP contribution in [0.4, 0.5) is 5.69 Å². The first-order chi connectivity index (χ1) is 15.0. The van der Waals surface area contributed by atoms with Gasteiger partial charge in [-0.15, -0.1) is 0 Å². The highest BCUT2D eigenvalue weighted by Crippen LogP contribution is 2.37. The van der Waals surface area contributed by atoms with Gasteiger partial charge in [-0.1, -0.05) is 50.0 Å². The molecule has 0 aliphatic carbocycles. The number of piperazine rings is 1. The molecule has 2 aromatic carbocycles. The molecule has 2 N–H and O–H groups in total. The number of fused-ring (bicyclic) bond motifs is 2. The van der Waals surface area contributed by atoms with E-state index < -0.39 is 12.3 Å². The number of carbonyl (C=O) groups excluding carboxylic acids is 2. The Morgan fingerprint density at radius 1 is 1.09 bits per heavy atom. The number of nitrogens with zero attached hydrogens (tertiary/aromatic N) is 2. The zero-order valence-electron chi connectivity index (χ0n) is 18.4. The molecule has 8 heteroatoms. The molecule has 0 saturated carbocycles. The number of carbonyl (C=O) groups is 2. The third kappa shape index (κ3) is 4.79. The predicted molar refractivity (Wildman–Crippen MR) is 127 cm³/mol. The van der Waals surface area contributed by atoms with E-state index in [1.807, 2.05) is 32.9 Å². The molecule has 6 nitrogen and oxygen atoms in total. The zero-order chi connectivity index (χ0) is 23.2. The van der Waals surface area contributed by atoms with Crippen molar-refractivity contribution in [2.24, 2.45) is 5.41 Å². The summed E-state index contributed by atoms with van der Waals surface area (Å²) in [6.45, 7) is 7.18. The molecule has 2 aliphatic heterocycles. The Hall–Kier alpha value is -2.12. The number of hydrogen-bond acceptors (Lipinski definition) is 4. The molecule has 0 spiro atoms. The molecule has 32 heavy (non-hydrogen) atoms. The van der Waals surface area contributed by atoms with Gasteiger partial charge < -0.3 is 15.3 Å². The topological polar surface area (TPSA) is 72.9 Å². The summed E-state index contributed by atoms with van der Waals surface area (Å²) in [6, 6.07) is 10.1. The lowest BCUT2D eigenvalue weighted by atomic mass is 9.91. The molecule has 2 unspecified atom stereocenters. The van der Waals surface area contributed by atoms with Crippen molar-refractivity contribution < 1.29 is 14.7 Å². The second-order valence-corrected chi connectivity index (χ2v) is 10.5. The lowest BCUT2D eigenvalue weighted by Crippen LogP contribution is -2.59. The summed E-state index contributed by atoms with van der Waals surface area (Å²) >= 11 is 12.3. The number of aliphatic hydroxyl groups is 1. The molecule has 0 bridgehead atoms. The number of aliphatic hydroxyl groups excluding tert-OH is 1. The summed E-state index contributed by atoms with van der Waals surface area (Å²) in [6.07, 6.45) is -0.571. The van der Waals surface area contributed by atoms with Gasteiger partial charge in [0.1, 0.15) is 12.3 Å². The summed E-state index contributed by atoms with van der Waals surface area (Å²) in [5.41, 5.74) is 2.68. The summed E-state index contributed by atoms with van der Waals surface area (Å²) in [7, 11) is 0. The van der Waals surface area contributed by atoms with Gasteiger partial charge >= 0.3 is 0 Å². The highest BCUT2D eigenvalue weighted by molar-refractivity contribution is 6.35. The number of nitrogens with one attached hydrogen (secondary N) is 1. The number of anilines is 1. The van der Waals surface area contributed by atoms with E-state index in [-0.39, 0.29) is 23.8 Å². The van der Waals surface area contributed by atoms with Crippen LogP contribution < -0.4 is 5.32 Å². The van der Waals surface area contributed by atoms with Crippen LogP contribution in [-0.4, -0.2) is 52.4 Å². The van der Waals surface area contributed by atoms with Gasteiger partial charge in [0.2, 0.25) is 11.8 Å². The molecule has 2 aromatic rings. The van der Waals surface area contributed by atoms with Crippen molar-refractivity contribution in [3.05, 3.63) is 52.0 Å². The Kier molecular flexibility index (Phi) is 6.25. The first-order valence-electron chi connectivity index (χ1n) is 10.6. The Morgan fingerprint density at radius 3 is 2.44 bits per heavy atom. The first kappa shape index (κ1) is 23.1. The van der Waals surface area contributed by atoms with Crippen molar-refractivity contribution in [3.8, 4) is 11.1 Å². The Bertz CT molecular complexity index is 1050. The van der Waals surface area contributed by atoms with Crippen LogP contribution in [0.1, 0.15) is 39.0 Å². The van der Waals surface area contributed by atoms with Crippen molar-refractivity contribution in [1.29, 1.82) is 0 Å². The molecule has 2 aliphatic rings. The van der Waals surface area contributed by atoms with Crippen LogP contribution in [0, 0.1) is 5.41 Å². The smallest absolute Gasteiger partial charge is 0.243 e. The third-order valence-electron chi connectivity index (χ3n) is 5.86. The van der Waals surface area contributed by atoms with Crippen molar-refractivity contribution in [2.45, 2.75) is 39.5 Å². The Labute approximate surface area is 198 Å². The largest absolute Gasteiger partial charge is 0.374 e. The molecule has 0 aromatic heterocycles. The monoisotopic (exact) mass is 475 g/mol. The minimum atomic E-state index is -0.983. The van der Waals surface area contributed by atoms with Gasteiger partial charge in [0, 0.05) is 47.4 Å². The molecule has 2 heterocycles. The van der Waals surface area contributed by atoms with Crippen LogP contribution in [0.2, 0.25) is 10.0 Å². The van der Waals surface area contributed by atoms with E-state index in [0.29, 0.717) is 40.8 Å². The van der Waals surface area contributed by atoms with Gasteiger partial charge in [-0.05, 0) is 46.9 Å². The predicted octanol–water partition coefficient (Wildman–Crippen LogP) is 4.55. The van der Waals surface area contributed by atoms with E-state index in [0.717, 1.165) is 11.1 Å². The normalized spacial score (nSPS) is 21.4. The molecular weight excluding hydrogens is 449 g/mol. The van der Waals surface area contributed by atoms with Crippen molar-refractivity contribution in [1.82, 2.24) is 9.80 Å². The second kappa shape index (κ2) is 8.67. The standard InChI is InChI=1S/C24H27Cl2N3O3/c1-24(2,3)12-21(30)28-6-7-29-20(13-28)22(31)27-19-5-4-14(10-18(19)23(29)32)15-8-16(25)11-17(26)9-15/h4-5,8-11,20,23,32H,6-7,12-13H2,1-3H3,(H,27,31). The lowest BCUT2D eigenvalue weighted by Gasteiger charge is -2.41. The summed E-state index contributed by atoms with van der Waals surface area (Å²) in [5, 5.41) is 15.2. The Morgan fingerprint density at radius 2 is 1.78 bits per heavy atom. The number of amides is 2. The van der Waals surface area contributed by atoms with Crippen molar-refractivity contribution in [2.75, 3.05) is 25.0 Å². The van der Waals surface area contributed by atoms with Crippen LogP contribution in [0.5, 0.6) is 0 Å².